The van der Waals surface area contributed by atoms with Gasteiger partial charge in [0.1, 0.15) is 5.54 Å². The number of rotatable bonds is 11. The maximum absolute atomic E-state index is 9.30. The zero-order valence-corrected chi connectivity index (χ0v) is 14.5. The van der Waals surface area contributed by atoms with E-state index in [1.807, 2.05) is 6.92 Å². The molecule has 0 aliphatic carbocycles. The third-order valence-electron chi connectivity index (χ3n) is 3.99. The molecule has 0 amide bonds. The molecule has 1 unspecified atom stereocenters. The van der Waals surface area contributed by atoms with Crippen molar-refractivity contribution in [3.63, 3.8) is 0 Å². The van der Waals surface area contributed by atoms with Crippen LogP contribution in [-0.4, -0.2) is 36.1 Å². The summed E-state index contributed by atoms with van der Waals surface area (Å²) in [6.07, 6.45) is 4.43. The molecule has 1 atom stereocenters. The standard InChI is InChI=1S/C17H35N3/c1-7-16(8-2)20(13-15(4)5)12-10-11-17(6,14-18)19-9-3/h15-16,19H,7-13H2,1-6H3. The average Bonchev–Trinajstić information content (AvgIpc) is 2.39. The summed E-state index contributed by atoms with van der Waals surface area (Å²) >= 11 is 0. The fourth-order valence-corrected chi connectivity index (χ4v) is 2.91. The van der Waals surface area contributed by atoms with Crippen LogP contribution in [0.2, 0.25) is 0 Å². The molecule has 118 valence electrons. The van der Waals surface area contributed by atoms with Crippen LogP contribution in [0.4, 0.5) is 0 Å². The minimum atomic E-state index is -0.369. The summed E-state index contributed by atoms with van der Waals surface area (Å²) in [5.74, 6) is 0.701. The van der Waals surface area contributed by atoms with Crippen LogP contribution in [-0.2, 0) is 0 Å². The van der Waals surface area contributed by atoms with E-state index < -0.39 is 0 Å². The molecule has 0 aliphatic heterocycles. The van der Waals surface area contributed by atoms with Crippen molar-refractivity contribution in [2.45, 2.75) is 78.8 Å². The lowest BCUT2D eigenvalue weighted by molar-refractivity contribution is 0.159. The summed E-state index contributed by atoms with van der Waals surface area (Å²) in [6.45, 7) is 16.3. The van der Waals surface area contributed by atoms with Gasteiger partial charge in [-0.25, -0.2) is 0 Å². The highest BCUT2D eigenvalue weighted by Gasteiger charge is 2.23. The molecule has 0 saturated heterocycles. The lowest BCUT2D eigenvalue weighted by Crippen LogP contribution is -2.42. The maximum atomic E-state index is 9.30. The first kappa shape index (κ1) is 19.4. The second-order valence-corrected chi connectivity index (χ2v) is 6.44. The fourth-order valence-electron chi connectivity index (χ4n) is 2.91. The normalized spacial score (nSPS) is 14.8. The van der Waals surface area contributed by atoms with Gasteiger partial charge in [-0.2, -0.15) is 5.26 Å². The van der Waals surface area contributed by atoms with Crippen molar-refractivity contribution in [1.82, 2.24) is 10.2 Å². The van der Waals surface area contributed by atoms with Gasteiger partial charge in [0.2, 0.25) is 0 Å². The van der Waals surface area contributed by atoms with Crippen LogP contribution in [0.3, 0.4) is 0 Å². The number of hydrogen-bond donors (Lipinski definition) is 1. The molecule has 0 aromatic rings. The van der Waals surface area contributed by atoms with E-state index in [4.69, 9.17) is 0 Å². The maximum Gasteiger partial charge on any atom is 0.103 e. The largest absolute Gasteiger partial charge is 0.300 e. The van der Waals surface area contributed by atoms with Gasteiger partial charge in [0.05, 0.1) is 6.07 Å². The van der Waals surface area contributed by atoms with E-state index in [1.54, 1.807) is 0 Å². The molecule has 0 rings (SSSR count). The molecular weight excluding hydrogens is 246 g/mol. The van der Waals surface area contributed by atoms with Crippen molar-refractivity contribution < 1.29 is 0 Å². The zero-order valence-electron chi connectivity index (χ0n) is 14.5. The Morgan fingerprint density at radius 2 is 1.80 bits per heavy atom. The van der Waals surface area contributed by atoms with Gasteiger partial charge in [-0.3, -0.25) is 5.32 Å². The summed E-state index contributed by atoms with van der Waals surface area (Å²) in [4.78, 5) is 2.62. The molecule has 1 N–H and O–H groups in total. The number of nitrogens with one attached hydrogen (secondary N) is 1. The van der Waals surface area contributed by atoms with Gasteiger partial charge >= 0.3 is 0 Å². The van der Waals surface area contributed by atoms with Crippen LogP contribution in [0.5, 0.6) is 0 Å². The Kier molecular flexibility index (Phi) is 9.88. The molecule has 20 heavy (non-hydrogen) atoms. The van der Waals surface area contributed by atoms with Crippen LogP contribution in [0.25, 0.3) is 0 Å². The Balaban J connectivity index is 4.42. The topological polar surface area (TPSA) is 39.1 Å². The first-order valence-corrected chi connectivity index (χ1v) is 8.32. The van der Waals surface area contributed by atoms with Crippen molar-refractivity contribution in [2.24, 2.45) is 5.92 Å². The average molecular weight is 281 g/mol. The first-order chi connectivity index (χ1) is 9.42. The molecule has 0 aromatic carbocycles. The molecule has 0 bridgehead atoms. The van der Waals surface area contributed by atoms with Crippen molar-refractivity contribution in [3.05, 3.63) is 0 Å². The van der Waals surface area contributed by atoms with Crippen LogP contribution in [0.15, 0.2) is 0 Å². The smallest absolute Gasteiger partial charge is 0.103 e. The molecule has 0 aromatic heterocycles. The SMILES string of the molecule is CCNC(C)(C#N)CCCN(CC(C)C)C(CC)CC. The van der Waals surface area contributed by atoms with Gasteiger partial charge < -0.3 is 4.90 Å². The van der Waals surface area contributed by atoms with Gasteiger partial charge in [0.15, 0.2) is 0 Å². The number of nitrogens with zero attached hydrogens (tertiary/aromatic N) is 2. The Morgan fingerprint density at radius 1 is 1.20 bits per heavy atom. The fraction of sp³-hybridized carbons (Fsp3) is 0.941. The predicted molar refractivity (Wildman–Crippen MR) is 87.7 cm³/mol. The van der Waals surface area contributed by atoms with E-state index in [0.717, 1.165) is 32.5 Å². The highest BCUT2D eigenvalue weighted by molar-refractivity contribution is 5.03. The molecule has 3 nitrogen and oxygen atoms in total. The summed E-state index contributed by atoms with van der Waals surface area (Å²) in [5.41, 5.74) is -0.369. The van der Waals surface area contributed by atoms with E-state index in [-0.39, 0.29) is 5.54 Å². The lowest BCUT2D eigenvalue weighted by atomic mass is 9.97. The van der Waals surface area contributed by atoms with Gasteiger partial charge in [-0.15, -0.1) is 0 Å². The summed E-state index contributed by atoms with van der Waals surface area (Å²) < 4.78 is 0. The summed E-state index contributed by atoms with van der Waals surface area (Å²) in [7, 11) is 0. The van der Waals surface area contributed by atoms with Crippen molar-refractivity contribution in [3.8, 4) is 6.07 Å². The highest BCUT2D eigenvalue weighted by Crippen LogP contribution is 2.16. The van der Waals surface area contributed by atoms with Gasteiger partial charge in [0, 0.05) is 12.6 Å². The highest BCUT2D eigenvalue weighted by atomic mass is 15.2. The van der Waals surface area contributed by atoms with Gasteiger partial charge in [0.25, 0.3) is 0 Å². The number of hydrogen-bond acceptors (Lipinski definition) is 3. The van der Waals surface area contributed by atoms with E-state index in [9.17, 15) is 5.26 Å². The van der Waals surface area contributed by atoms with Crippen molar-refractivity contribution in [2.75, 3.05) is 19.6 Å². The van der Waals surface area contributed by atoms with Crippen LogP contribution in [0, 0.1) is 17.2 Å². The Labute approximate surface area is 126 Å². The minimum absolute atomic E-state index is 0.369. The third kappa shape index (κ3) is 7.26. The minimum Gasteiger partial charge on any atom is -0.300 e. The van der Waals surface area contributed by atoms with E-state index in [1.165, 1.54) is 12.8 Å². The Bertz CT molecular complexity index is 278. The molecule has 3 heteroatoms. The van der Waals surface area contributed by atoms with Crippen LogP contribution in [0.1, 0.15) is 67.2 Å². The molecule has 0 radical (unpaired) electrons. The molecule has 0 saturated carbocycles. The Hall–Kier alpha value is -0.590. The first-order valence-electron chi connectivity index (χ1n) is 8.32. The third-order valence-corrected chi connectivity index (χ3v) is 3.99. The van der Waals surface area contributed by atoms with Gasteiger partial charge in [-0.05, 0) is 51.6 Å². The molecule has 0 aliphatic rings. The molecule has 0 fully saturated rings. The zero-order chi connectivity index (χ0) is 15.6. The quantitative estimate of drug-likeness (QED) is 0.626. The second-order valence-electron chi connectivity index (χ2n) is 6.44. The van der Waals surface area contributed by atoms with E-state index >= 15 is 0 Å². The number of nitriles is 1. The van der Waals surface area contributed by atoms with Crippen molar-refractivity contribution in [1.29, 1.82) is 5.26 Å². The summed E-state index contributed by atoms with van der Waals surface area (Å²) in [6, 6.07) is 3.11. The summed E-state index contributed by atoms with van der Waals surface area (Å²) in [5, 5.41) is 12.6. The van der Waals surface area contributed by atoms with E-state index in [2.05, 4.69) is 50.9 Å². The van der Waals surface area contributed by atoms with Crippen LogP contribution < -0.4 is 5.32 Å². The predicted octanol–water partition coefficient (Wildman–Crippen LogP) is 3.80. The lowest BCUT2D eigenvalue weighted by Gasteiger charge is -2.33. The molecular formula is C17H35N3. The van der Waals surface area contributed by atoms with Crippen LogP contribution >= 0.6 is 0 Å². The molecule has 0 heterocycles. The molecule has 0 spiro atoms. The van der Waals surface area contributed by atoms with E-state index in [0.29, 0.717) is 12.0 Å². The van der Waals surface area contributed by atoms with Gasteiger partial charge in [-0.1, -0.05) is 34.6 Å². The second kappa shape index (κ2) is 10.2. The monoisotopic (exact) mass is 281 g/mol. The van der Waals surface area contributed by atoms with Crippen molar-refractivity contribution >= 4 is 0 Å². The Morgan fingerprint density at radius 3 is 2.20 bits per heavy atom.